The van der Waals surface area contributed by atoms with E-state index in [1.807, 2.05) is 0 Å². The third kappa shape index (κ3) is 3.76. The second-order valence-corrected chi connectivity index (χ2v) is 8.68. The van der Waals surface area contributed by atoms with Gasteiger partial charge in [0.25, 0.3) is 0 Å². The summed E-state index contributed by atoms with van der Waals surface area (Å²) in [5.41, 5.74) is -0.730. The molecule has 1 aliphatic rings. The molecule has 1 unspecified atom stereocenters. The molecule has 0 bridgehead atoms. The van der Waals surface area contributed by atoms with E-state index in [1.54, 1.807) is 0 Å². The maximum atomic E-state index is 13.6. The monoisotopic (exact) mass is 487 g/mol. The van der Waals surface area contributed by atoms with Gasteiger partial charge < -0.3 is 10.4 Å². The van der Waals surface area contributed by atoms with E-state index in [2.05, 4.69) is 5.32 Å². The molecule has 2 N–H and O–H groups in total. The van der Waals surface area contributed by atoms with Crippen LogP contribution in [0.3, 0.4) is 0 Å². The van der Waals surface area contributed by atoms with Crippen molar-refractivity contribution in [2.75, 3.05) is 5.32 Å². The summed E-state index contributed by atoms with van der Waals surface area (Å²) in [6, 6.07) is 4.37. The van der Waals surface area contributed by atoms with Crippen LogP contribution >= 0.6 is 58.0 Å². The number of alkyl halides is 2. The highest BCUT2D eigenvalue weighted by molar-refractivity contribution is 6.54. The van der Waals surface area contributed by atoms with Crippen molar-refractivity contribution < 1.29 is 23.5 Å². The number of rotatable bonds is 4. The number of anilines is 1. The molecule has 1 fully saturated rings. The van der Waals surface area contributed by atoms with Crippen molar-refractivity contribution in [2.45, 2.75) is 10.3 Å². The van der Waals surface area contributed by atoms with Crippen molar-refractivity contribution in [3.63, 3.8) is 0 Å². The predicted octanol–water partition coefficient (Wildman–Crippen LogP) is 6.15. The van der Waals surface area contributed by atoms with Crippen LogP contribution in [0.25, 0.3) is 0 Å². The second-order valence-electron chi connectivity index (χ2n) is 6.04. The van der Waals surface area contributed by atoms with E-state index in [0.717, 1.165) is 6.07 Å². The molecular formula is C17H8Cl5F2NO3. The van der Waals surface area contributed by atoms with Gasteiger partial charge in [-0.1, -0.05) is 34.8 Å². The molecule has 0 aromatic heterocycles. The highest BCUT2D eigenvalue weighted by Crippen LogP contribution is 2.65. The average molecular weight is 490 g/mol. The minimum atomic E-state index is -1.69. The van der Waals surface area contributed by atoms with Crippen LogP contribution in [0.2, 0.25) is 15.1 Å². The molecule has 1 aliphatic carbocycles. The third-order valence-corrected chi connectivity index (χ3v) is 6.36. The first-order valence-electron chi connectivity index (χ1n) is 7.50. The van der Waals surface area contributed by atoms with Gasteiger partial charge in [0.1, 0.15) is 9.90 Å². The normalized spacial score (nSPS) is 20.0. The van der Waals surface area contributed by atoms with Crippen LogP contribution in [0.15, 0.2) is 24.3 Å². The SMILES string of the molecule is O=C(O)c1cc(NC(=O)[C@H]2C(c3cc(Cl)c(Cl)c(Cl)c3)C2(Cl)Cl)cc(F)c1F. The van der Waals surface area contributed by atoms with E-state index >= 15 is 0 Å². The van der Waals surface area contributed by atoms with Crippen molar-refractivity contribution in [3.8, 4) is 0 Å². The van der Waals surface area contributed by atoms with Gasteiger partial charge in [-0.05, 0) is 23.8 Å². The number of hydrogen-bond donors (Lipinski definition) is 2. The molecule has 0 saturated heterocycles. The van der Waals surface area contributed by atoms with E-state index in [-0.39, 0.29) is 20.8 Å². The quantitative estimate of drug-likeness (QED) is 0.400. The summed E-state index contributed by atoms with van der Waals surface area (Å²) in [6.45, 7) is 0. The van der Waals surface area contributed by atoms with Gasteiger partial charge in [0.05, 0.1) is 21.0 Å². The average Bonchev–Trinajstić information content (AvgIpc) is 3.17. The van der Waals surface area contributed by atoms with Gasteiger partial charge >= 0.3 is 5.97 Å². The molecule has 11 heteroatoms. The van der Waals surface area contributed by atoms with Crippen LogP contribution in [0, 0.1) is 17.6 Å². The molecule has 2 atom stereocenters. The summed E-state index contributed by atoms with van der Waals surface area (Å²) in [6.07, 6.45) is 0. The number of carbonyl (C=O) groups is 2. The van der Waals surface area contributed by atoms with Gasteiger partial charge in [0, 0.05) is 17.7 Å². The topological polar surface area (TPSA) is 66.4 Å². The number of amides is 1. The van der Waals surface area contributed by atoms with E-state index in [9.17, 15) is 18.4 Å². The summed E-state index contributed by atoms with van der Waals surface area (Å²) in [5, 5.41) is 11.6. The Hall–Kier alpha value is -1.31. The Morgan fingerprint density at radius 1 is 1.04 bits per heavy atom. The first-order valence-corrected chi connectivity index (χ1v) is 9.39. The van der Waals surface area contributed by atoms with Crippen molar-refractivity contribution in [3.05, 3.63) is 62.1 Å². The van der Waals surface area contributed by atoms with Crippen LogP contribution in [-0.2, 0) is 4.79 Å². The lowest BCUT2D eigenvalue weighted by molar-refractivity contribution is -0.117. The lowest BCUT2D eigenvalue weighted by Crippen LogP contribution is -2.18. The molecule has 2 aromatic rings. The second kappa shape index (κ2) is 7.50. The largest absolute Gasteiger partial charge is 0.478 e. The van der Waals surface area contributed by atoms with Gasteiger partial charge in [0.15, 0.2) is 11.6 Å². The molecular weight excluding hydrogens is 481 g/mol. The van der Waals surface area contributed by atoms with Crippen LogP contribution in [0.1, 0.15) is 21.8 Å². The summed E-state index contributed by atoms with van der Waals surface area (Å²) < 4.78 is 25.6. The van der Waals surface area contributed by atoms with Gasteiger partial charge in [-0.15, -0.1) is 23.2 Å². The molecule has 0 spiro atoms. The molecule has 1 saturated carbocycles. The van der Waals surface area contributed by atoms with Crippen LogP contribution in [0.4, 0.5) is 14.5 Å². The Morgan fingerprint density at radius 2 is 1.61 bits per heavy atom. The highest BCUT2D eigenvalue weighted by atomic mass is 35.5. The Morgan fingerprint density at radius 3 is 2.14 bits per heavy atom. The number of carbonyl (C=O) groups excluding carboxylic acids is 1. The van der Waals surface area contributed by atoms with Gasteiger partial charge in [-0.3, -0.25) is 4.79 Å². The third-order valence-electron chi connectivity index (χ3n) is 4.23. The Kier molecular flexibility index (Phi) is 5.73. The van der Waals surface area contributed by atoms with Crippen molar-refractivity contribution in [1.29, 1.82) is 0 Å². The molecule has 1 amide bonds. The van der Waals surface area contributed by atoms with Gasteiger partial charge in [0.2, 0.25) is 5.91 Å². The number of halogens is 7. The standard InChI is InChI=1S/C17H8Cl5F2NO3/c18-8-1-5(2-9(19)13(8)20)11-12(17(11,21)22)15(26)25-6-3-7(16(27)28)14(24)10(23)4-6/h1-4,11-12H,(H,25,26)(H,27,28)/t11?,12-/m1/s1. The predicted molar refractivity (Wildman–Crippen MR) is 104 cm³/mol. The van der Waals surface area contributed by atoms with E-state index in [0.29, 0.717) is 11.6 Å². The Labute approximate surface area is 182 Å². The van der Waals surface area contributed by atoms with Crippen molar-refractivity contribution >= 4 is 75.6 Å². The summed E-state index contributed by atoms with van der Waals surface area (Å²) >= 11 is 30.3. The van der Waals surface area contributed by atoms with Crippen LogP contribution in [0.5, 0.6) is 0 Å². The summed E-state index contributed by atoms with van der Waals surface area (Å²) in [5.74, 6) is -7.06. The van der Waals surface area contributed by atoms with E-state index < -0.39 is 45.2 Å². The fraction of sp³-hybridized carbons (Fsp3) is 0.176. The minimum absolute atomic E-state index is 0.131. The Bertz CT molecular complexity index is 992. The van der Waals surface area contributed by atoms with Gasteiger partial charge in [-0.2, -0.15) is 0 Å². The number of carboxylic acids is 1. The number of aromatic carboxylic acids is 1. The van der Waals surface area contributed by atoms with E-state index in [4.69, 9.17) is 63.1 Å². The maximum Gasteiger partial charge on any atom is 0.338 e. The van der Waals surface area contributed by atoms with Crippen molar-refractivity contribution in [1.82, 2.24) is 0 Å². The number of nitrogens with one attached hydrogen (secondary N) is 1. The minimum Gasteiger partial charge on any atom is -0.478 e. The Balaban J connectivity index is 1.87. The number of hydrogen-bond acceptors (Lipinski definition) is 2. The molecule has 28 heavy (non-hydrogen) atoms. The first-order chi connectivity index (χ1) is 12.9. The zero-order valence-corrected chi connectivity index (χ0v) is 17.2. The molecule has 0 radical (unpaired) electrons. The zero-order valence-electron chi connectivity index (χ0n) is 13.4. The fourth-order valence-corrected chi connectivity index (χ4v) is 4.30. The molecule has 0 heterocycles. The van der Waals surface area contributed by atoms with Gasteiger partial charge in [-0.25, -0.2) is 13.6 Å². The zero-order chi connectivity index (χ0) is 21.0. The molecule has 3 rings (SSSR count). The summed E-state index contributed by atoms with van der Waals surface area (Å²) in [7, 11) is 0. The molecule has 148 valence electrons. The van der Waals surface area contributed by atoms with Crippen molar-refractivity contribution in [2.24, 2.45) is 5.92 Å². The lowest BCUT2D eigenvalue weighted by Gasteiger charge is -2.08. The van der Waals surface area contributed by atoms with E-state index in [1.165, 1.54) is 12.1 Å². The molecule has 2 aromatic carbocycles. The van der Waals surface area contributed by atoms with Crippen LogP contribution in [-0.4, -0.2) is 21.3 Å². The number of benzene rings is 2. The lowest BCUT2D eigenvalue weighted by atomic mass is 10.1. The molecule has 4 nitrogen and oxygen atoms in total. The highest BCUT2D eigenvalue weighted by Gasteiger charge is 2.67. The molecule has 0 aliphatic heterocycles. The first kappa shape index (κ1) is 21.4. The smallest absolute Gasteiger partial charge is 0.338 e. The maximum absolute atomic E-state index is 13.6. The fourth-order valence-electron chi connectivity index (χ4n) is 2.86. The number of carboxylic acid groups (broad SMARTS) is 1. The van der Waals surface area contributed by atoms with Crippen LogP contribution < -0.4 is 5.32 Å². The summed E-state index contributed by atoms with van der Waals surface area (Å²) in [4.78, 5) is 23.5.